The molecule has 0 spiro atoms. The molecule has 7 nitrogen and oxygen atoms in total. The van der Waals surface area contributed by atoms with Crippen molar-refractivity contribution >= 4 is 5.91 Å². The average molecular weight is 450 g/mol. The highest BCUT2D eigenvalue weighted by Gasteiger charge is 2.43. The smallest absolute Gasteiger partial charge is 0.224 e. The van der Waals surface area contributed by atoms with Crippen LogP contribution in [0.2, 0.25) is 0 Å². The Labute approximate surface area is 192 Å². The lowest BCUT2D eigenvalue weighted by Gasteiger charge is -2.49. The van der Waals surface area contributed by atoms with Gasteiger partial charge in [0.25, 0.3) is 0 Å². The maximum Gasteiger partial charge on any atom is 0.224 e. The summed E-state index contributed by atoms with van der Waals surface area (Å²) in [4.78, 5) is 15.3. The third-order valence-electron chi connectivity index (χ3n) is 6.92. The Bertz CT molecular complexity index is 1100. The summed E-state index contributed by atoms with van der Waals surface area (Å²) in [7, 11) is 1.65. The van der Waals surface area contributed by atoms with E-state index in [-0.39, 0.29) is 17.6 Å². The molecule has 4 heterocycles. The number of halogens is 1. The second-order valence-electron chi connectivity index (χ2n) is 8.94. The summed E-state index contributed by atoms with van der Waals surface area (Å²) in [5.41, 5.74) is 2.75. The first-order valence-corrected chi connectivity index (χ1v) is 11.4. The fraction of sp³-hybridized carbons (Fsp3) is 0.400. The number of carbonyl (C=O) groups is 1. The van der Waals surface area contributed by atoms with Gasteiger partial charge in [-0.3, -0.25) is 14.4 Å². The summed E-state index contributed by atoms with van der Waals surface area (Å²) < 4.78 is 20.2. The topological polar surface area (TPSA) is 72.3 Å². The minimum Gasteiger partial charge on any atom is -0.497 e. The van der Waals surface area contributed by atoms with E-state index in [0.717, 1.165) is 55.0 Å². The number of amides is 1. The SMILES string of the molecule is COc1ccc(-c2cn(C[C@H]3CC4CCN3C[C@@H]4C(=O)NCc3ccc(F)cc3)nn2)cc1. The third kappa shape index (κ3) is 4.75. The second kappa shape index (κ2) is 9.31. The Hall–Kier alpha value is -3.26. The first-order chi connectivity index (χ1) is 16.1. The van der Waals surface area contributed by atoms with Crippen molar-refractivity contribution in [3.05, 3.63) is 66.1 Å². The lowest BCUT2D eigenvalue weighted by atomic mass is 9.75. The van der Waals surface area contributed by atoms with Crippen LogP contribution in [0.5, 0.6) is 5.75 Å². The third-order valence-corrected chi connectivity index (χ3v) is 6.92. The number of methoxy groups -OCH3 is 1. The van der Waals surface area contributed by atoms with E-state index in [1.165, 1.54) is 12.1 Å². The molecular weight excluding hydrogens is 421 g/mol. The molecule has 2 aromatic carbocycles. The van der Waals surface area contributed by atoms with Crippen LogP contribution in [0.3, 0.4) is 0 Å². The zero-order valence-corrected chi connectivity index (χ0v) is 18.7. The predicted octanol–water partition coefficient (Wildman–Crippen LogP) is 3.12. The van der Waals surface area contributed by atoms with Gasteiger partial charge in [-0.15, -0.1) is 5.10 Å². The molecule has 4 atom stereocenters. The van der Waals surface area contributed by atoms with Crippen molar-refractivity contribution in [1.82, 2.24) is 25.2 Å². The monoisotopic (exact) mass is 449 g/mol. The van der Waals surface area contributed by atoms with Crippen molar-refractivity contribution in [1.29, 1.82) is 0 Å². The number of ether oxygens (including phenoxy) is 1. The number of hydrogen-bond acceptors (Lipinski definition) is 5. The number of benzene rings is 2. The van der Waals surface area contributed by atoms with Gasteiger partial charge >= 0.3 is 0 Å². The highest BCUT2D eigenvalue weighted by Crippen LogP contribution is 2.37. The molecular formula is C25H28FN5O2. The summed E-state index contributed by atoms with van der Waals surface area (Å²) in [6, 6.07) is 14.4. The second-order valence-corrected chi connectivity index (χ2v) is 8.94. The number of fused-ring (bicyclic) bond motifs is 3. The van der Waals surface area contributed by atoms with Gasteiger partial charge in [0.15, 0.2) is 0 Å². The van der Waals surface area contributed by atoms with Crippen LogP contribution in [-0.4, -0.2) is 52.0 Å². The van der Waals surface area contributed by atoms with Gasteiger partial charge in [-0.1, -0.05) is 17.3 Å². The quantitative estimate of drug-likeness (QED) is 0.600. The van der Waals surface area contributed by atoms with E-state index in [1.54, 1.807) is 19.2 Å². The van der Waals surface area contributed by atoms with Crippen LogP contribution in [0.4, 0.5) is 4.39 Å². The molecule has 33 heavy (non-hydrogen) atoms. The van der Waals surface area contributed by atoms with E-state index in [2.05, 4.69) is 20.5 Å². The van der Waals surface area contributed by atoms with Crippen LogP contribution in [0.15, 0.2) is 54.7 Å². The Balaban J connectivity index is 1.17. The average Bonchev–Trinajstić information content (AvgIpc) is 3.32. The Kier molecular flexibility index (Phi) is 6.09. The van der Waals surface area contributed by atoms with Crippen LogP contribution in [-0.2, 0) is 17.9 Å². The molecule has 3 saturated heterocycles. The maximum atomic E-state index is 13.1. The molecule has 6 rings (SSSR count). The van der Waals surface area contributed by atoms with Crippen LogP contribution in [0, 0.1) is 17.7 Å². The molecule has 8 heteroatoms. The van der Waals surface area contributed by atoms with Gasteiger partial charge in [-0.2, -0.15) is 0 Å². The van der Waals surface area contributed by atoms with E-state index in [0.29, 0.717) is 18.5 Å². The normalized spacial score (nSPS) is 23.9. The molecule has 0 saturated carbocycles. The molecule has 3 fully saturated rings. The molecule has 3 aliphatic heterocycles. The van der Waals surface area contributed by atoms with Crippen molar-refractivity contribution in [2.75, 3.05) is 20.2 Å². The molecule has 0 aliphatic carbocycles. The van der Waals surface area contributed by atoms with Crippen molar-refractivity contribution < 1.29 is 13.9 Å². The fourth-order valence-electron chi connectivity index (χ4n) is 5.05. The Morgan fingerprint density at radius 3 is 2.67 bits per heavy atom. The zero-order valence-electron chi connectivity index (χ0n) is 18.7. The van der Waals surface area contributed by atoms with Crippen molar-refractivity contribution in [3.63, 3.8) is 0 Å². The number of piperidine rings is 3. The number of aromatic nitrogens is 3. The molecule has 2 bridgehead atoms. The largest absolute Gasteiger partial charge is 0.497 e. The molecule has 1 aromatic heterocycles. The molecule has 2 unspecified atom stereocenters. The molecule has 0 radical (unpaired) electrons. The van der Waals surface area contributed by atoms with Crippen LogP contribution in [0.25, 0.3) is 11.3 Å². The summed E-state index contributed by atoms with van der Waals surface area (Å²) in [5, 5.41) is 11.7. The van der Waals surface area contributed by atoms with Gasteiger partial charge in [-0.25, -0.2) is 4.39 Å². The summed E-state index contributed by atoms with van der Waals surface area (Å²) in [6.45, 7) is 2.98. The van der Waals surface area contributed by atoms with Crippen molar-refractivity contribution in [2.45, 2.75) is 32.0 Å². The zero-order chi connectivity index (χ0) is 22.8. The van der Waals surface area contributed by atoms with E-state index in [9.17, 15) is 9.18 Å². The highest BCUT2D eigenvalue weighted by atomic mass is 19.1. The van der Waals surface area contributed by atoms with Gasteiger partial charge in [0, 0.05) is 24.7 Å². The van der Waals surface area contributed by atoms with Crippen molar-refractivity contribution in [2.24, 2.45) is 11.8 Å². The fourth-order valence-corrected chi connectivity index (χ4v) is 5.05. The minimum absolute atomic E-state index is 0.000977. The minimum atomic E-state index is -0.267. The van der Waals surface area contributed by atoms with Crippen molar-refractivity contribution in [3.8, 4) is 17.0 Å². The number of hydrogen-bond donors (Lipinski definition) is 1. The van der Waals surface area contributed by atoms with Gasteiger partial charge < -0.3 is 10.1 Å². The molecule has 3 aromatic rings. The van der Waals surface area contributed by atoms with Crippen LogP contribution >= 0.6 is 0 Å². The Morgan fingerprint density at radius 1 is 1.18 bits per heavy atom. The highest BCUT2D eigenvalue weighted by molar-refractivity contribution is 5.79. The summed E-state index contributed by atoms with van der Waals surface area (Å²) >= 11 is 0. The van der Waals surface area contributed by atoms with Gasteiger partial charge in [-0.05, 0) is 67.3 Å². The van der Waals surface area contributed by atoms with E-state index >= 15 is 0 Å². The van der Waals surface area contributed by atoms with E-state index in [1.807, 2.05) is 35.1 Å². The molecule has 172 valence electrons. The standard InChI is InChI=1S/C25H28FN5O2/c1-33-22-8-4-18(5-9-22)24-16-31(29-28-24)14-21-12-19-10-11-30(21)15-23(19)25(32)27-13-17-2-6-20(26)7-3-17/h2-9,16,19,21,23H,10-15H2,1H3,(H,27,32)/t19?,21-,23+/m1/s1. The van der Waals surface area contributed by atoms with Crippen LogP contribution in [0.1, 0.15) is 18.4 Å². The van der Waals surface area contributed by atoms with Gasteiger partial charge in [0.1, 0.15) is 17.3 Å². The number of nitrogens with one attached hydrogen (secondary N) is 1. The lowest BCUT2D eigenvalue weighted by molar-refractivity contribution is -0.133. The number of nitrogens with zero attached hydrogens (tertiary/aromatic N) is 4. The lowest BCUT2D eigenvalue weighted by Crippen LogP contribution is -2.57. The van der Waals surface area contributed by atoms with Crippen LogP contribution < -0.4 is 10.1 Å². The molecule has 3 aliphatic rings. The molecule has 1 amide bonds. The van der Waals surface area contributed by atoms with E-state index < -0.39 is 0 Å². The first-order valence-electron chi connectivity index (χ1n) is 11.4. The number of rotatable bonds is 7. The first kappa shape index (κ1) is 21.6. The molecule has 1 N–H and O–H groups in total. The number of carbonyl (C=O) groups excluding carboxylic acids is 1. The van der Waals surface area contributed by atoms with E-state index in [4.69, 9.17) is 4.74 Å². The van der Waals surface area contributed by atoms with Gasteiger partial charge in [0.2, 0.25) is 5.91 Å². The van der Waals surface area contributed by atoms with Gasteiger partial charge in [0.05, 0.1) is 25.8 Å². The predicted molar refractivity (Wildman–Crippen MR) is 122 cm³/mol. The Morgan fingerprint density at radius 2 is 1.97 bits per heavy atom. The maximum absolute atomic E-state index is 13.1. The summed E-state index contributed by atoms with van der Waals surface area (Å²) in [5.74, 6) is 1.01. The summed E-state index contributed by atoms with van der Waals surface area (Å²) in [6.07, 6.45) is 4.00.